The summed E-state index contributed by atoms with van der Waals surface area (Å²) in [6.45, 7) is 6.06. The second-order valence-electron chi connectivity index (χ2n) is 5.20. The van der Waals surface area contributed by atoms with Gasteiger partial charge in [-0.15, -0.1) is 0 Å². The summed E-state index contributed by atoms with van der Waals surface area (Å²) in [5.74, 6) is 0.514. The van der Waals surface area contributed by atoms with Crippen molar-refractivity contribution in [1.82, 2.24) is 15.1 Å². The van der Waals surface area contributed by atoms with E-state index in [1.54, 1.807) is 23.0 Å². The molecule has 108 valence electrons. The molecule has 0 saturated carbocycles. The lowest BCUT2D eigenvalue weighted by Gasteiger charge is -2.12. The first-order chi connectivity index (χ1) is 9.70. The minimum Gasteiger partial charge on any atom is -0.313 e. The molecule has 0 bridgehead atoms. The molecule has 1 aromatic heterocycles. The predicted molar refractivity (Wildman–Crippen MR) is 79.3 cm³/mol. The maximum Gasteiger partial charge on any atom is 0.123 e. The summed E-state index contributed by atoms with van der Waals surface area (Å²) >= 11 is 0. The molecular weight excluding hydrogens is 253 g/mol. The second-order valence-corrected chi connectivity index (χ2v) is 5.20. The van der Waals surface area contributed by atoms with E-state index in [9.17, 15) is 4.39 Å². The lowest BCUT2D eigenvalue weighted by atomic mass is 10.1. The van der Waals surface area contributed by atoms with Gasteiger partial charge in [-0.2, -0.15) is 5.10 Å². The molecular formula is C16H22FN3. The lowest BCUT2D eigenvalue weighted by molar-refractivity contribution is 0.487. The van der Waals surface area contributed by atoms with Crippen LogP contribution in [-0.4, -0.2) is 16.3 Å². The fourth-order valence-corrected chi connectivity index (χ4v) is 2.11. The third-order valence-corrected chi connectivity index (χ3v) is 3.62. The first-order valence-electron chi connectivity index (χ1n) is 7.20. The highest BCUT2D eigenvalue weighted by atomic mass is 19.1. The van der Waals surface area contributed by atoms with Crippen LogP contribution >= 0.6 is 0 Å². The normalized spacial score (nSPS) is 12.6. The molecule has 3 nitrogen and oxygen atoms in total. The van der Waals surface area contributed by atoms with Crippen LogP contribution in [0.4, 0.5) is 4.39 Å². The van der Waals surface area contributed by atoms with Gasteiger partial charge in [0.15, 0.2) is 0 Å². The highest BCUT2D eigenvalue weighted by Gasteiger charge is 2.06. The molecule has 1 aromatic carbocycles. The number of nitrogens with zero attached hydrogens (tertiary/aromatic N) is 2. The van der Waals surface area contributed by atoms with Crippen LogP contribution in [0.2, 0.25) is 0 Å². The third-order valence-electron chi connectivity index (χ3n) is 3.62. The zero-order valence-electron chi connectivity index (χ0n) is 12.1. The van der Waals surface area contributed by atoms with Crippen molar-refractivity contribution in [2.75, 3.05) is 6.54 Å². The average Bonchev–Trinajstić information content (AvgIpc) is 2.97. The summed E-state index contributed by atoms with van der Waals surface area (Å²) < 4.78 is 15.2. The molecule has 2 aromatic rings. The van der Waals surface area contributed by atoms with Crippen molar-refractivity contribution in [3.8, 4) is 5.69 Å². The molecule has 0 radical (unpaired) electrons. The maximum atomic E-state index is 13.4. The van der Waals surface area contributed by atoms with E-state index in [1.165, 1.54) is 12.5 Å². The van der Waals surface area contributed by atoms with Gasteiger partial charge in [0.25, 0.3) is 0 Å². The van der Waals surface area contributed by atoms with Gasteiger partial charge in [0.05, 0.1) is 5.69 Å². The van der Waals surface area contributed by atoms with Crippen molar-refractivity contribution in [2.24, 2.45) is 5.92 Å². The Kier molecular flexibility index (Phi) is 5.30. The van der Waals surface area contributed by atoms with Crippen LogP contribution in [0.5, 0.6) is 0 Å². The van der Waals surface area contributed by atoms with E-state index in [1.807, 2.05) is 12.3 Å². The summed E-state index contributed by atoms with van der Waals surface area (Å²) in [6, 6.07) is 6.68. The SMILES string of the molecule is CCC(C)CCNCc1cc(F)ccc1-n1cccn1. The quantitative estimate of drug-likeness (QED) is 0.783. The summed E-state index contributed by atoms with van der Waals surface area (Å²) in [6.07, 6.45) is 5.93. The molecule has 1 heterocycles. The van der Waals surface area contributed by atoms with Crippen LogP contribution in [0.3, 0.4) is 0 Å². The molecule has 1 atom stereocenters. The van der Waals surface area contributed by atoms with Crippen molar-refractivity contribution >= 4 is 0 Å². The van der Waals surface area contributed by atoms with Crippen molar-refractivity contribution in [2.45, 2.75) is 33.2 Å². The number of hydrogen-bond donors (Lipinski definition) is 1. The molecule has 0 aliphatic carbocycles. The summed E-state index contributed by atoms with van der Waals surface area (Å²) in [4.78, 5) is 0. The van der Waals surface area contributed by atoms with Crippen LogP contribution in [-0.2, 0) is 6.54 Å². The van der Waals surface area contributed by atoms with Crippen molar-refractivity contribution < 1.29 is 4.39 Å². The van der Waals surface area contributed by atoms with Crippen molar-refractivity contribution in [3.63, 3.8) is 0 Å². The summed E-state index contributed by atoms with van der Waals surface area (Å²) in [7, 11) is 0. The number of rotatable bonds is 7. The smallest absolute Gasteiger partial charge is 0.123 e. The van der Waals surface area contributed by atoms with E-state index in [2.05, 4.69) is 24.3 Å². The molecule has 0 aliphatic rings. The maximum absolute atomic E-state index is 13.4. The summed E-state index contributed by atoms with van der Waals surface area (Å²) in [5, 5.41) is 7.60. The van der Waals surface area contributed by atoms with E-state index >= 15 is 0 Å². The Bertz CT molecular complexity index is 523. The van der Waals surface area contributed by atoms with Gasteiger partial charge in [-0.25, -0.2) is 9.07 Å². The Morgan fingerprint density at radius 1 is 1.40 bits per heavy atom. The van der Waals surface area contributed by atoms with Gasteiger partial charge in [-0.1, -0.05) is 20.3 Å². The highest BCUT2D eigenvalue weighted by molar-refractivity contribution is 5.40. The zero-order chi connectivity index (χ0) is 14.4. The number of aromatic nitrogens is 2. The largest absolute Gasteiger partial charge is 0.313 e. The van der Waals surface area contributed by atoms with Crippen LogP contribution in [0, 0.1) is 11.7 Å². The Hall–Kier alpha value is -1.68. The van der Waals surface area contributed by atoms with E-state index < -0.39 is 0 Å². The molecule has 1 unspecified atom stereocenters. The Balaban J connectivity index is 2.01. The second kappa shape index (κ2) is 7.20. The van der Waals surface area contributed by atoms with Gasteiger partial charge < -0.3 is 5.32 Å². The first kappa shape index (κ1) is 14.7. The molecule has 20 heavy (non-hydrogen) atoms. The van der Waals surface area contributed by atoms with Crippen LogP contribution in [0.25, 0.3) is 5.69 Å². The monoisotopic (exact) mass is 275 g/mol. The van der Waals surface area contributed by atoms with Gasteiger partial charge in [0.1, 0.15) is 5.82 Å². The van der Waals surface area contributed by atoms with E-state index in [0.29, 0.717) is 6.54 Å². The summed E-state index contributed by atoms with van der Waals surface area (Å²) in [5.41, 5.74) is 1.85. The van der Waals surface area contributed by atoms with Crippen LogP contribution in [0.15, 0.2) is 36.7 Å². The molecule has 0 fully saturated rings. The van der Waals surface area contributed by atoms with Gasteiger partial charge >= 0.3 is 0 Å². The topological polar surface area (TPSA) is 29.9 Å². The Morgan fingerprint density at radius 2 is 2.25 bits per heavy atom. The number of halogens is 1. The van der Waals surface area contributed by atoms with E-state index in [0.717, 1.165) is 30.1 Å². The fourth-order valence-electron chi connectivity index (χ4n) is 2.11. The third kappa shape index (κ3) is 3.90. The minimum absolute atomic E-state index is 0.209. The van der Waals surface area contributed by atoms with E-state index in [-0.39, 0.29) is 5.82 Å². The molecule has 0 saturated heterocycles. The molecule has 0 amide bonds. The number of nitrogens with one attached hydrogen (secondary N) is 1. The molecule has 1 N–H and O–H groups in total. The van der Waals surface area contributed by atoms with Gasteiger partial charge in [-0.05, 0) is 48.7 Å². The first-order valence-corrected chi connectivity index (χ1v) is 7.20. The number of hydrogen-bond acceptors (Lipinski definition) is 2. The number of benzene rings is 1. The Morgan fingerprint density at radius 3 is 2.95 bits per heavy atom. The van der Waals surface area contributed by atoms with Gasteiger partial charge in [-0.3, -0.25) is 0 Å². The lowest BCUT2D eigenvalue weighted by Crippen LogP contribution is -2.18. The minimum atomic E-state index is -0.209. The molecule has 4 heteroatoms. The average molecular weight is 275 g/mol. The molecule has 0 aliphatic heterocycles. The van der Waals surface area contributed by atoms with Crippen LogP contribution in [0.1, 0.15) is 32.3 Å². The standard InChI is InChI=1S/C16H22FN3/c1-3-13(2)7-9-18-12-14-11-15(17)5-6-16(14)20-10-4-8-19-20/h4-6,8,10-11,13,18H,3,7,9,12H2,1-2H3. The van der Waals surface area contributed by atoms with Gasteiger partial charge in [0.2, 0.25) is 0 Å². The molecule has 0 spiro atoms. The predicted octanol–water partition coefficient (Wildman–Crippen LogP) is 3.54. The van der Waals surface area contributed by atoms with Gasteiger partial charge in [0, 0.05) is 18.9 Å². The fraction of sp³-hybridized carbons (Fsp3) is 0.438. The van der Waals surface area contributed by atoms with Crippen LogP contribution < -0.4 is 5.32 Å². The molecule has 2 rings (SSSR count). The zero-order valence-corrected chi connectivity index (χ0v) is 12.1. The van der Waals surface area contributed by atoms with Crippen molar-refractivity contribution in [1.29, 1.82) is 0 Å². The Labute approximate surface area is 119 Å². The highest BCUT2D eigenvalue weighted by Crippen LogP contribution is 2.15. The van der Waals surface area contributed by atoms with E-state index in [4.69, 9.17) is 0 Å². The van der Waals surface area contributed by atoms with Crippen molar-refractivity contribution in [3.05, 3.63) is 48.0 Å².